The lowest BCUT2D eigenvalue weighted by atomic mass is 10.1. The molecule has 0 saturated carbocycles. The zero-order valence-electron chi connectivity index (χ0n) is 11.1. The molecule has 1 rings (SSSR count). The van der Waals surface area contributed by atoms with Crippen LogP contribution in [-0.4, -0.2) is 12.9 Å². The molecule has 0 saturated heterocycles. The molecule has 0 bridgehead atoms. The van der Waals surface area contributed by atoms with Crippen molar-refractivity contribution in [2.45, 2.75) is 50.3 Å². The van der Waals surface area contributed by atoms with Gasteiger partial charge < -0.3 is 4.74 Å². The third-order valence-electron chi connectivity index (χ3n) is 2.82. The molecule has 0 radical (unpaired) electrons. The average molecular weight is 252 g/mol. The van der Waals surface area contributed by atoms with Crippen molar-refractivity contribution in [1.82, 2.24) is 0 Å². The summed E-state index contributed by atoms with van der Waals surface area (Å²) in [5.74, 6) is 2.20. The normalized spacial score (nSPS) is 10.5. The van der Waals surface area contributed by atoms with Crippen LogP contribution in [0.4, 0.5) is 0 Å². The Morgan fingerprint density at radius 2 is 1.71 bits per heavy atom. The minimum atomic E-state index is 1.00. The summed E-state index contributed by atoms with van der Waals surface area (Å²) in [7, 11) is 1.74. The molecular formula is C15H24OS. The Labute approximate surface area is 110 Å². The van der Waals surface area contributed by atoms with Gasteiger partial charge in [0.2, 0.25) is 0 Å². The minimum Gasteiger partial charge on any atom is -0.496 e. The molecular weight excluding hydrogens is 228 g/mol. The molecule has 0 fully saturated rings. The van der Waals surface area contributed by atoms with E-state index in [0.717, 1.165) is 5.75 Å². The van der Waals surface area contributed by atoms with Crippen LogP contribution in [0.15, 0.2) is 29.2 Å². The second-order valence-corrected chi connectivity index (χ2v) is 5.40. The van der Waals surface area contributed by atoms with Crippen LogP contribution in [0.2, 0.25) is 0 Å². The Balaban J connectivity index is 2.13. The van der Waals surface area contributed by atoms with Crippen LogP contribution < -0.4 is 4.74 Å². The van der Waals surface area contributed by atoms with E-state index < -0.39 is 0 Å². The molecule has 0 heterocycles. The number of ether oxygens (including phenoxy) is 1. The number of hydrogen-bond donors (Lipinski definition) is 0. The lowest BCUT2D eigenvalue weighted by Gasteiger charge is -2.07. The maximum atomic E-state index is 5.33. The van der Waals surface area contributed by atoms with Gasteiger partial charge >= 0.3 is 0 Å². The number of unbranched alkanes of at least 4 members (excludes halogenated alkanes) is 5. The third-order valence-corrected chi connectivity index (χ3v) is 3.97. The van der Waals surface area contributed by atoms with Crippen molar-refractivity contribution in [2.75, 3.05) is 12.9 Å². The second-order valence-electron chi connectivity index (χ2n) is 4.27. The van der Waals surface area contributed by atoms with Crippen LogP contribution >= 0.6 is 11.8 Å². The van der Waals surface area contributed by atoms with Crippen molar-refractivity contribution in [2.24, 2.45) is 0 Å². The molecule has 17 heavy (non-hydrogen) atoms. The van der Waals surface area contributed by atoms with Crippen LogP contribution in [0, 0.1) is 0 Å². The minimum absolute atomic E-state index is 1.00. The monoisotopic (exact) mass is 252 g/mol. The van der Waals surface area contributed by atoms with Crippen molar-refractivity contribution in [3.05, 3.63) is 24.3 Å². The Hall–Kier alpha value is -0.630. The van der Waals surface area contributed by atoms with Gasteiger partial charge in [-0.05, 0) is 24.3 Å². The van der Waals surface area contributed by atoms with Crippen molar-refractivity contribution in [3.8, 4) is 5.75 Å². The summed E-state index contributed by atoms with van der Waals surface area (Å²) in [6, 6.07) is 8.27. The molecule has 0 aliphatic heterocycles. The van der Waals surface area contributed by atoms with Gasteiger partial charge in [-0.15, -0.1) is 11.8 Å². The Morgan fingerprint density at radius 1 is 1.00 bits per heavy atom. The van der Waals surface area contributed by atoms with Crippen LogP contribution in [0.1, 0.15) is 45.4 Å². The maximum Gasteiger partial charge on any atom is 0.132 e. The molecule has 0 aromatic heterocycles. The molecule has 0 amide bonds. The van der Waals surface area contributed by atoms with E-state index in [1.165, 1.54) is 49.2 Å². The van der Waals surface area contributed by atoms with Gasteiger partial charge in [-0.2, -0.15) is 0 Å². The fourth-order valence-corrected chi connectivity index (χ4v) is 2.84. The van der Waals surface area contributed by atoms with Crippen molar-refractivity contribution >= 4 is 11.8 Å². The fraction of sp³-hybridized carbons (Fsp3) is 0.600. The van der Waals surface area contributed by atoms with E-state index in [0.29, 0.717) is 0 Å². The van der Waals surface area contributed by atoms with Gasteiger partial charge in [0.05, 0.1) is 7.11 Å². The molecule has 1 nitrogen and oxygen atoms in total. The molecule has 96 valence electrons. The Kier molecular flexibility index (Phi) is 7.98. The first-order valence-corrected chi connectivity index (χ1v) is 7.63. The highest BCUT2D eigenvalue weighted by Gasteiger charge is 2.01. The lowest BCUT2D eigenvalue weighted by molar-refractivity contribution is 0.405. The number of thioether (sulfide) groups is 1. The highest BCUT2D eigenvalue weighted by molar-refractivity contribution is 7.99. The lowest BCUT2D eigenvalue weighted by Crippen LogP contribution is -1.87. The maximum absolute atomic E-state index is 5.33. The summed E-state index contributed by atoms with van der Waals surface area (Å²) in [6.07, 6.45) is 8.18. The summed E-state index contributed by atoms with van der Waals surface area (Å²) in [4.78, 5) is 1.27. The molecule has 0 spiro atoms. The first-order valence-electron chi connectivity index (χ1n) is 6.64. The van der Waals surface area contributed by atoms with Crippen LogP contribution in [-0.2, 0) is 0 Å². The van der Waals surface area contributed by atoms with Gasteiger partial charge in [-0.25, -0.2) is 0 Å². The molecule has 1 aromatic rings. The predicted octanol–water partition coefficient (Wildman–Crippen LogP) is 5.15. The van der Waals surface area contributed by atoms with E-state index in [9.17, 15) is 0 Å². The zero-order chi connectivity index (χ0) is 12.3. The molecule has 0 atom stereocenters. The third kappa shape index (κ3) is 6.02. The first kappa shape index (κ1) is 14.4. The van der Waals surface area contributed by atoms with E-state index in [1.54, 1.807) is 7.11 Å². The van der Waals surface area contributed by atoms with Crippen molar-refractivity contribution < 1.29 is 4.74 Å². The van der Waals surface area contributed by atoms with Gasteiger partial charge in [-0.3, -0.25) is 0 Å². The summed E-state index contributed by atoms with van der Waals surface area (Å²) < 4.78 is 5.33. The van der Waals surface area contributed by atoms with Gasteiger partial charge in [0.25, 0.3) is 0 Å². The second kappa shape index (κ2) is 9.41. The fourth-order valence-electron chi connectivity index (χ4n) is 1.80. The summed E-state index contributed by atoms with van der Waals surface area (Å²) >= 11 is 1.91. The zero-order valence-corrected chi connectivity index (χ0v) is 11.9. The van der Waals surface area contributed by atoms with E-state index in [4.69, 9.17) is 4.74 Å². The van der Waals surface area contributed by atoms with E-state index >= 15 is 0 Å². The van der Waals surface area contributed by atoms with Crippen molar-refractivity contribution in [1.29, 1.82) is 0 Å². The summed E-state index contributed by atoms with van der Waals surface area (Å²) in [5.41, 5.74) is 0. The largest absolute Gasteiger partial charge is 0.496 e. The highest BCUT2D eigenvalue weighted by atomic mass is 32.2. The quantitative estimate of drug-likeness (QED) is 0.444. The van der Waals surface area contributed by atoms with E-state index in [1.807, 2.05) is 23.9 Å². The standard InChI is InChI=1S/C15H24OS/c1-3-4-5-6-7-10-13-17-15-12-9-8-11-14(15)16-2/h8-9,11-12H,3-7,10,13H2,1-2H3. The molecule has 0 aliphatic carbocycles. The molecule has 0 unspecified atom stereocenters. The van der Waals surface area contributed by atoms with E-state index in [2.05, 4.69) is 19.1 Å². The van der Waals surface area contributed by atoms with Gasteiger partial charge in [-0.1, -0.05) is 51.2 Å². The number of methoxy groups -OCH3 is 1. The van der Waals surface area contributed by atoms with Gasteiger partial charge in [0.1, 0.15) is 5.75 Å². The van der Waals surface area contributed by atoms with Gasteiger partial charge in [0.15, 0.2) is 0 Å². The van der Waals surface area contributed by atoms with Gasteiger partial charge in [0, 0.05) is 4.90 Å². The van der Waals surface area contributed by atoms with Crippen LogP contribution in [0.25, 0.3) is 0 Å². The highest BCUT2D eigenvalue weighted by Crippen LogP contribution is 2.29. The van der Waals surface area contributed by atoms with Crippen molar-refractivity contribution in [3.63, 3.8) is 0 Å². The van der Waals surface area contributed by atoms with Crippen LogP contribution in [0.5, 0.6) is 5.75 Å². The SMILES string of the molecule is CCCCCCCCSc1ccccc1OC. The smallest absolute Gasteiger partial charge is 0.132 e. The topological polar surface area (TPSA) is 9.23 Å². The molecule has 0 N–H and O–H groups in total. The molecule has 0 aliphatic rings. The first-order chi connectivity index (χ1) is 8.38. The molecule has 2 heteroatoms. The Morgan fingerprint density at radius 3 is 2.47 bits per heavy atom. The predicted molar refractivity (Wildman–Crippen MR) is 77.1 cm³/mol. The Bertz CT molecular complexity index is 299. The average Bonchev–Trinajstić information content (AvgIpc) is 2.38. The summed E-state index contributed by atoms with van der Waals surface area (Å²) in [5, 5.41) is 0. The number of rotatable bonds is 9. The number of benzene rings is 1. The number of para-hydroxylation sites is 1. The summed E-state index contributed by atoms with van der Waals surface area (Å²) in [6.45, 7) is 2.26. The van der Waals surface area contributed by atoms with Crippen LogP contribution in [0.3, 0.4) is 0 Å². The van der Waals surface area contributed by atoms with E-state index in [-0.39, 0.29) is 0 Å². The molecule has 1 aromatic carbocycles. The number of hydrogen-bond acceptors (Lipinski definition) is 2.